The Balaban J connectivity index is 2.53. The molecule has 2 aromatic carbocycles. The van der Waals surface area contributed by atoms with E-state index >= 15 is 0 Å². The van der Waals surface area contributed by atoms with E-state index in [-0.39, 0.29) is 6.04 Å². The molecule has 1 unspecified atom stereocenters. The maximum atomic E-state index is 3.64. The average molecular weight is 332 g/mol. The third kappa shape index (κ3) is 3.31. The molecule has 1 nitrogen and oxygen atoms in total. The van der Waals surface area contributed by atoms with E-state index in [1.54, 1.807) is 0 Å². The summed E-state index contributed by atoms with van der Waals surface area (Å²) in [6.45, 7) is 9.60. The fraction of sp³-hybridized carbons (Fsp3) is 0.333. The minimum atomic E-state index is 0.246. The summed E-state index contributed by atoms with van der Waals surface area (Å²) in [4.78, 5) is 0. The second-order valence-corrected chi connectivity index (χ2v) is 6.22. The number of hydrogen-bond acceptors (Lipinski definition) is 1. The van der Waals surface area contributed by atoms with Gasteiger partial charge in [0, 0.05) is 4.47 Å². The Labute approximate surface area is 130 Å². The minimum absolute atomic E-state index is 0.246. The van der Waals surface area contributed by atoms with Crippen LogP contribution in [-0.2, 0) is 0 Å². The molecule has 0 radical (unpaired) electrons. The van der Waals surface area contributed by atoms with Crippen LogP contribution in [0.3, 0.4) is 0 Å². The fourth-order valence-corrected chi connectivity index (χ4v) is 3.11. The lowest BCUT2D eigenvalue weighted by atomic mass is 9.93. The molecular formula is C18H22BrN. The molecule has 1 N–H and O–H groups in total. The molecule has 0 heterocycles. The van der Waals surface area contributed by atoms with E-state index < -0.39 is 0 Å². The van der Waals surface area contributed by atoms with E-state index in [0.29, 0.717) is 0 Å². The first-order valence-corrected chi connectivity index (χ1v) is 7.88. The van der Waals surface area contributed by atoms with Crippen LogP contribution in [0.5, 0.6) is 0 Å². The highest BCUT2D eigenvalue weighted by atomic mass is 79.9. The van der Waals surface area contributed by atoms with Crippen molar-refractivity contribution in [3.05, 3.63) is 68.7 Å². The van der Waals surface area contributed by atoms with Crippen molar-refractivity contribution in [1.82, 2.24) is 5.32 Å². The van der Waals surface area contributed by atoms with Gasteiger partial charge < -0.3 is 5.32 Å². The highest BCUT2D eigenvalue weighted by Crippen LogP contribution is 2.30. The summed E-state index contributed by atoms with van der Waals surface area (Å²) >= 11 is 3.64. The van der Waals surface area contributed by atoms with Crippen molar-refractivity contribution >= 4 is 15.9 Å². The van der Waals surface area contributed by atoms with Gasteiger partial charge in [-0.3, -0.25) is 0 Å². The first-order valence-electron chi connectivity index (χ1n) is 7.09. The molecule has 0 amide bonds. The third-order valence-electron chi connectivity index (χ3n) is 3.61. The highest BCUT2D eigenvalue weighted by Gasteiger charge is 2.16. The summed E-state index contributed by atoms with van der Waals surface area (Å²) in [5.41, 5.74) is 6.61. The van der Waals surface area contributed by atoms with Crippen LogP contribution in [0.25, 0.3) is 0 Å². The van der Waals surface area contributed by atoms with Gasteiger partial charge in [0.15, 0.2) is 0 Å². The molecule has 0 fully saturated rings. The topological polar surface area (TPSA) is 12.0 Å². The predicted molar refractivity (Wildman–Crippen MR) is 90.3 cm³/mol. The van der Waals surface area contributed by atoms with Gasteiger partial charge in [0.25, 0.3) is 0 Å². The standard InChI is InChI=1S/C18H22BrN/c1-5-20-18(15-10-12(2)9-13(3)11-15)16-7-6-8-17(19)14(16)4/h6-11,18,20H,5H2,1-4H3. The normalized spacial score (nSPS) is 12.4. The van der Waals surface area contributed by atoms with Crippen molar-refractivity contribution in [2.75, 3.05) is 6.54 Å². The van der Waals surface area contributed by atoms with Crippen molar-refractivity contribution < 1.29 is 0 Å². The molecule has 106 valence electrons. The molecule has 0 aliphatic rings. The number of benzene rings is 2. The first-order chi connectivity index (χ1) is 9.52. The second kappa shape index (κ2) is 6.55. The van der Waals surface area contributed by atoms with Crippen molar-refractivity contribution in [3.8, 4) is 0 Å². The molecule has 0 spiro atoms. The number of nitrogens with one attached hydrogen (secondary N) is 1. The van der Waals surface area contributed by atoms with Gasteiger partial charge in [0.1, 0.15) is 0 Å². The number of aryl methyl sites for hydroxylation is 2. The van der Waals surface area contributed by atoms with Gasteiger partial charge in [-0.2, -0.15) is 0 Å². The van der Waals surface area contributed by atoms with Crippen LogP contribution < -0.4 is 5.32 Å². The molecule has 0 aliphatic carbocycles. The van der Waals surface area contributed by atoms with Crippen LogP contribution in [0.15, 0.2) is 40.9 Å². The maximum absolute atomic E-state index is 3.64. The van der Waals surface area contributed by atoms with Crippen molar-refractivity contribution in [3.63, 3.8) is 0 Å². The Hall–Kier alpha value is -1.12. The van der Waals surface area contributed by atoms with Gasteiger partial charge >= 0.3 is 0 Å². The van der Waals surface area contributed by atoms with Gasteiger partial charge in [-0.15, -0.1) is 0 Å². The third-order valence-corrected chi connectivity index (χ3v) is 4.47. The average Bonchev–Trinajstić information content (AvgIpc) is 2.38. The second-order valence-electron chi connectivity index (χ2n) is 5.37. The molecule has 20 heavy (non-hydrogen) atoms. The van der Waals surface area contributed by atoms with Crippen molar-refractivity contribution in [1.29, 1.82) is 0 Å². The van der Waals surface area contributed by atoms with E-state index in [4.69, 9.17) is 0 Å². The van der Waals surface area contributed by atoms with E-state index in [1.807, 2.05) is 0 Å². The lowest BCUT2D eigenvalue weighted by Gasteiger charge is -2.22. The van der Waals surface area contributed by atoms with Gasteiger partial charge in [0.05, 0.1) is 6.04 Å². The van der Waals surface area contributed by atoms with Crippen LogP contribution in [-0.4, -0.2) is 6.54 Å². The zero-order valence-electron chi connectivity index (χ0n) is 12.6. The molecule has 0 saturated heterocycles. The zero-order chi connectivity index (χ0) is 14.7. The first kappa shape index (κ1) is 15.3. The number of rotatable bonds is 4. The monoisotopic (exact) mass is 331 g/mol. The molecule has 2 rings (SSSR count). The minimum Gasteiger partial charge on any atom is -0.307 e. The largest absolute Gasteiger partial charge is 0.307 e. The van der Waals surface area contributed by atoms with E-state index in [2.05, 4.69) is 85.3 Å². The summed E-state index contributed by atoms with van der Waals surface area (Å²) in [5, 5.41) is 3.62. The maximum Gasteiger partial charge on any atom is 0.0579 e. The predicted octanol–water partition coefficient (Wildman–Crippen LogP) is 5.07. The van der Waals surface area contributed by atoms with E-state index in [0.717, 1.165) is 6.54 Å². The molecule has 2 heteroatoms. The van der Waals surface area contributed by atoms with Crippen LogP contribution in [0, 0.1) is 20.8 Å². The number of hydrogen-bond donors (Lipinski definition) is 1. The van der Waals surface area contributed by atoms with Gasteiger partial charge in [0.2, 0.25) is 0 Å². The van der Waals surface area contributed by atoms with Crippen LogP contribution in [0.2, 0.25) is 0 Å². The van der Waals surface area contributed by atoms with Gasteiger partial charge in [-0.25, -0.2) is 0 Å². The summed E-state index contributed by atoms with van der Waals surface area (Å²) < 4.78 is 1.17. The lowest BCUT2D eigenvalue weighted by Crippen LogP contribution is -2.23. The Kier molecular flexibility index (Phi) is 5.00. The zero-order valence-corrected chi connectivity index (χ0v) is 14.2. The SMILES string of the molecule is CCNC(c1cc(C)cc(C)c1)c1cccc(Br)c1C. The summed E-state index contributed by atoms with van der Waals surface area (Å²) in [6, 6.07) is 13.5. The van der Waals surface area contributed by atoms with Gasteiger partial charge in [-0.05, 0) is 50.1 Å². The molecule has 2 aromatic rings. The Morgan fingerprint density at radius 1 is 1.05 bits per heavy atom. The summed E-state index contributed by atoms with van der Waals surface area (Å²) in [6.07, 6.45) is 0. The van der Waals surface area contributed by atoms with Crippen molar-refractivity contribution in [2.45, 2.75) is 33.7 Å². The lowest BCUT2D eigenvalue weighted by molar-refractivity contribution is 0.626. The quantitative estimate of drug-likeness (QED) is 0.824. The highest BCUT2D eigenvalue weighted by molar-refractivity contribution is 9.10. The Bertz CT molecular complexity index is 584. The van der Waals surface area contributed by atoms with Crippen LogP contribution in [0.1, 0.15) is 40.8 Å². The Morgan fingerprint density at radius 3 is 2.30 bits per heavy atom. The summed E-state index contributed by atoms with van der Waals surface area (Å²) in [7, 11) is 0. The van der Waals surface area contributed by atoms with Crippen molar-refractivity contribution in [2.24, 2.45) is 0 Å². The molecule has 0 saturated carbocycles. The molecule has 0 aromatic heterocycles. The summed E-state index contributed by atoms with van der Waals surface area (Å²) in [5.74, 6) is 0. The van der Waals surface area contributed by atoms with Gasteiger partial charge in [-0.1, -0.05) is 64.3 Å². The van der Waals surface area contributed by atoms with Crippen LogP contribution in [0.4, 0.5) is 0 Å². The van der Waals surface area contributed by atoms with Crippen LogP contribution >= 0.6 is 15.9 Å². The molecule has 0 bridgehead atoms. The Morgan fingerprint density at radius 2 is 1.70 bits per heavy atom. The fourth-order valence-electron chi connectivity index (χ4n) is 2.72. The molecule has 0 aliphatic heterocycles. The smallest absolute Gasteiger partial charge is 0.0579 e. The molecule has 1 atom stereocenters. The number of halogens is 1. The van der Waals surface area contributed by atoms with E-state index in [9.17, 15) is 0 Å². The van der Waals surface area contributed by atoms with E-state index in [1.165, 1.54) is 32.3 Å². The molecular weight excluding hydrogens is 310 g/mol.